The number of aryl methyl sites for hydroxylation is 1. The van der Waals surface area contributed by atoms with Crippen molar-refractivity contribution in [1.82, 2.24) is 9.55 Å². The fourth-order valence-electron chi connectivity index (χ4n) is 0.705. The lowest BCUT2D eigenvalue weighted by molar-refractivity contribution is 0.912. The molecule has 0 N–H and O–H groups in total. The van der Waals surface area contributed by atoms with Crippen LogP contribution in [0.15, 0.2) is 17.6 Å². The predicted octanol–water partition coefficient (Wildman–Crippen LogP) is 1.47. The van der Waals surface area contributed by atoms with E-state index in [2.05, 4.69) is 29.9 Å². The molecule has 0 saturated carbocycles. The first-order valence-corrected chi connectivity index (χ1v) is 6.02. The highest BCUT2D eigenvalue weighted by molar-refractivity contribution is 8.32. The molecule has 1 aromatic rings. The summed E-state index contributed by atoms with van der Waals surface area (Å²) in [5, 5.41) is 1.23. The van der Waals surface area contributed by atoms with Crippen LogP contribution in [0.4, 0.5) is 0 Å². The van der Waals surface area contributed by atoms with Crippen molar-refractivity contribution in [3.63, 3.8) is 0 Å². The zero-order chi connectivity index (χ0) is 7.78. The van der Waals surface area contributed by atoms with Crippen LogP contribution < -0.4 is 0 Å². The summed E-state index contributed by atoms with van der Waals surface area (Å²) >= 11 is 0. The van der Waals surface area contributed by atoms with Crippen LogP contribution in [0.1, 0.15) is 0 Å². The monoisotopic (exact) mass is 158 g/mol. The minimum absolute atomic E-state index is 0.614. The van der Waals surface area contributed by atoms with Crippen molar-refractivity contribution in [2.24, 2.45) is 7.05 Å². The highest BCUT2D eigenvalue weighted by atomic mass is 32.3. The maximum atomic E-state index is 4.29. The van der Waals surface area contributed by atoms with Gasteiger partial charge < -0.3 is 4.57 Å². The van der Waals surface area contributed by atoms with E-state index in [-0.39, 0.29) is 0 Å². The van der Waals surface area contributed by atoms with Crippen molar-refractivity contribution >= 4 is 10.0 Å². The number of hydrogen-bond donors (Lipinski definition) is 0. The molecule has 3 heteroatoms. The lowest BCUT2D eigenvalue weighted by Gasteiger charge is -2.21. The summed E-state index contributed by atoms with van der Waals surface area (Å²) in [6, 6.07) is 0. The molecular formula is C7H14N2S. The van der Waals surface area contributed by atoms with Gasteiger partial charge in [-0.2, -0.15) is 0 Å². The second kappa shape index (κ2) is 2.31. The number of imidazole rings is 1. The lowest BCUT2D eigenvalue weighted by atomic mass is 10.9. The van der Waals surface area contributed by atoms with Crippen molar-refractivity contribution in [2.45, 2.75) is 5.03 Å². The molecule has 0 bridgehead atoms. The van der Waals surface area contributed by atoms with Crippen LogP contribution >= 0.6 is 10.0 Å². The summed E-state index contributed by atoms with van der Waals surface area (Å²) in [7, 11) is 1.39. The second-order valence-electron chi connectivity index (χ2n) is 3.21. The summed E-state index contributed by atoms with van der Waals surface area (Å²) in [4.78, 5) is 4.29. The molecule has 0 spiro atoms. The summed E-state index contributed by atoms with van der Waals surface area (Å²) < 4.78 is 1.99. The minimum atomic E-state index is -0.614. The molecule has 1 heterocycles. The Hall–Kier alpha value is -0.440. The second-order valence-corrected chi connectivity index (χ2v) is 7.31. The Bertz CT molecular complexity index is 222. The molecule has 0 fully saturated rings. The molecule has 0 atom stereocenters. The smallest absolute Gasteiger partial charge is 0.0963 e. The van der Waals surface area contributed by atoms with E-state index < -0.39 is 10.0 Å². The maximum Gasteiger partial charge on any atom is 0.0963 e. The van der Waals surface area contributed by atoms with Crippen LogP contribution in [0, 0.1) is 0 Å². The zero-order valence-corrected chi connectivity index (χ0v) is 7.77. The van der Waals surface area contributed by atoms with Crippen molar-refractivity contribution in [2.75, 3.05) is 18.8 Å². The van der Waals surface area contributed by atoms with Crippen LogP contribution in [0.5, 0.6) is 0 Å². The van der Waals surface area contributed by atoms with Gasteiger partial charge in [0.1, 0.15) is 0 Å². The molecule has 0 aliphatic carbocycles. The highest BCUT2D eigenvalue weighted by Gasteiger charge is 2.09. The van der Waals surface area contributed by atoms with Crippen molar-refractivity contribution in [1.29, 1.82) is 0 Å². The topological polar surface area (TPSA) is 17.8 Å². The summed E-state index contributed by atoms with van der Waals surface area (Å²) in [5.74, 6) is 0. The summed E-state index contributed by atoms with van der Waals surface area (Å²) in [6.45, 7) is 0. The highest BCUT2D eigenvalue weighted by Crippen LogP contribution is 2.43. The molecule has 2 nitrogen and oxygen atoms in total. The minimum Gasteiger partial charge on any atom is -0.339 e. The van der Waals surface area contributed by atoms with Crippen LogP contribution in [-0.2, 0) is 7.05 Å². The fraction of sp³-hybridized carbons (Fsp3) is 0.571. The average molecular weight is 158 g/mol. The van der Waals surface area contributed by atoms with Crippen LogP contribution in [0.2, 0.25) is 0 Å². The molecule has 0 amide bonds. The first-order valence-electron chi connectivity index (χ1n) is 3.16. The third-order valence-corrected chi connectivity index (χ3v) is 2.77. The Kier molecular flexibility index (Phi) is 1.77. The standard InChI is InChI=1S/C7H14N2S/c1-9-5-7(8-6-9)10(2,3)4/h5-6H,1-4H3. The Balaban J connectivity index is 2.96. The summed E-state index contributed by atoms with van der Waals surface area (Å²) in [6.07, 6.45) is 10.7. The predicted molar refractivity (Wildman–Crippen MR) is 46.8 cm³/mol. The fourth-order valence-corrected chi connectivity index (χ4v) is 1.55. The van der Waals surface area contributed by atoms with Gasteiger partial charge in [-0.3, -0.25) is 0 Å². The van der Waals surface area contributed by atoms with E-state index in [4.69, 9.17) is 0 Å². The van der Waals surface area contributed by atoms with Gasteiger partial charge in [-0.05, 0) is 18.8 Å². The molecule has 0 aromatic carbocycles. The molecule has 1 rings (SSSR count). The van der Waals surface area contributed by atoms with Crippen molar-refractivity contribution in [3.05, 3.63) is 12.5 Å². The number of hydrogen-bond acceptors (Lipinski definition) is 1. The third kappa shape index (κ3) is 1.53. The number of rotatable bonds is 1. The van der Waals surface area contributed by atoms with Crippen LogP contribution in [0.3, 0.4) is 0 Å². The third-order valence-electron chi connectivity index (χ3n) is 1.31. The van der Waals surface area contributed by atoms with Gasteiger partial charge in [0.05, 0.1) is 11.4 Å². The van der Waals surface area contributed by atoms with Gasteiger partial charge in [0.15, 0.2) is 0 Å². The van der Waals surface area contributed by atoms with E-state index in [9.17, 15) is 0 Å². The van der Waals surface area contributed by atoms with Crippen LogP contribution in [-0.4, -0.2) is 28.3 Å². The first-order chi connectivity index (χ1) is 4.50. The molecule has 58 valence electrons. The number of nitrogens with zero attached hydrogens (tertiary/aromatic N) is 2. The molecular weight excluding hydrogens is 144 g/mol. The van der Waals surface area contributed by atoms with Crippen LogP contribution in [0.25, 0.3) is 0 Å². The number of aromatic nitrogens is 2. The zero-order valence-electron chi connectivity index (χ0n) is 6.96. The van der Waals surface area contributed by atoms with Gasteiger partial charge in [0, 0.05) is 13.2 Å². The average Bonchev–Trinajstić information content (AvgIpc) is 2.11. The molecule has 0 unspecified atom stereocenters. The van der Waals surface area contributed by atoms with Gasteiger partial charge in [-0.15, -0.1) is 0 Å². The van der Waals surface area contributed by atoms with Crippen molar-refractivity contribution < 1.29 is 0 Å². The van der Waals surface area contributed by atoms with Gasteiger partial charge >= 0.3 is 0 Å². The Morgan fingerprint density at radius 1 is 1.40 bits per heavy atom. The molecule has 0 aliphatic heterocycles. The van der Waals surface area contributed by atoms with Gasteiger partial charge in [0.25, 0.3) is 0 Å². The van der Waals surface area contributed by atoms with E-state index >= 15 is 0 Å². The Labute approximate surface area is 63.6 Å². The summed E-state index contributed by atoms with van der Waals surface area (Å²) in [5.41, 5.74) is 0. The molecule has 0 saturated heterocycles. The maximum absolute atomic E-state index is 4.29. The van der Waals surface area contributed by atoms with Gasteiger partial charge in [0.2, 0.25) is 0 Å². The molecule has 1 aromatic heterocycles. The van der Waals surface area contributed by atoms with E-state index in [0.29, 0.717) is 0 Å². The Morgan fingerprint density at radius 3 is 2.20 bits per heavy atom. The van der Waals surface area contributed by atoms with Crippen molar-refractivity contribution in [3.8, 4) is 0 Å². The molecule has 0 radical (unpaired) electrons. The molecule has 0 aliphatic rings. The largest absolute Gasteiger partial charge is 0.339 e. The van der Waals surface area contributed by atoms with E-state index in [0.717, 1.165) is 0 Å². The van der Waals surface area contributed by atoms with Gasteiger partial charge in [-0.1, -0.05) is 0 Å². The normalized spacial score (nSPS) is 13.6. The lowest BCUT2D eigenvalue weighted by Crippen LogP contribution is -1.92. The van der Waals surface area contributed by atoms with E-state index in [1.54, 1.807) is 0 Å². The van der Waals surface area contributed by atoms with Gasteiger partial charge in [-0.25, -0.2) is 15.0 Å². The Morgan fingerprint density at radius 2 is 2.00 bits per heavy atom. The molecule has 10 heavy (non-hydrogen) atoms. The SMILES string of the molecule is Cn1cnc(S(C)(C)C)c1. The van der Waals surface area contributed by atoms with E-state index in [1.807, 2.05) is 17.9 Å². The quantitative estimate of drug-likeness (QED) is 0.605. The first kappa shape index (κ1) is 7.66. The van der Waals surface area contributed by atoms with E-state index in [1.165, 1.54) is 5.03 Å².